The van der Waals surface area contributed by atoms with Gasteiger partial charge in [-0.15, -0.1) is 0 Å². The van der Waals surface area contributed by atoms with E-state index in [4.69, 9.17) is 44.4 Å². The number of nitrogens with one attached hydrogen (secondary N) is 7. The Morgan fingerprint density at radius 3 is 1.91 bits per heavy atom. The van der Waals surface area contributed by atoms with Crippen molar-refractivity contribution in [3.8, 4) is 0 Å². The van der Waals surface area contributed by atoms with Crippen LogP contribution in [0.4, 0.5) is 26.7 Å². The number of alkyl carbamates (subject to hydrolysis) is 1. The van der Waals surface area contributed by atoms with Gasteiger partial charge in [0, 0.05) is 103 Å². The molecule has 0 radical (unpaired) electrons. The van der Waals surface area contributed by atoms with Crippen LogP contribution in [0.25, 0.3) is 21.3 Å². The van der Waals surface area contributed by atoms with Crippen LogP contribution >= 0.6 is 0 Å². The first-order chi connectivity index (χ1) is 46.3. The van der Waals surface area contributed by atoms with Crippen molar-refractivity contribution in [3.63, 3.8) is 0 Å². The molecule has 0 bridgehead atoms. The topological polar surface area (TPSA) is 450 Å². The fourth-order valence-electron chi connectivity index (χ4n) is 9.79. The molecule has 0 spiro atoms. The highest BCUT2D eigenvalue weighted by atomic mass is 16.6. The number of benzene rings is 3. The van der Waals surface area contributed by atoms with Crippen LogP contribution in [0, 0.1) is 43.9 Å². The van der Waals surface area contributed by atoms with Gasteiger partial charge in [0.25, 0.3) is 11.4 Å². The Morgan fingerprint density at radius 2 is 1.25 bits per heavy atom. The van der Waals surface area contributed by atoms with Gasteiger partial charge in [0.15, 0.2) is 5.78 Å². The highest BCUT2D eigenvalue weighted by molar-refractivity contribution is 5.97. The molecule has 32 nitrogen and oxygen atoms in total. The summed E-state index contributed by atoms with van der Waals surface area (Å²) in [6.45, 7) is 7.88. The molecule has 0 aliphatic heterocycles. The lowest BCUT2D eigenvalue weighted by atomic mass is 9.88. The van der Waals surface area contributed by atoms with Gasteiger partial charge < -0.3 is 75.8 Å². The molecule has 4 atom stereocenters. The Labute approximate surface area is 563 Å². The number of hydrogen-bond acceptors (Lipinski definition) is 20. The summed E-state index contributed by atoms with van der Waals surface area (Å²) < 4.78 is 38.1. The van der Waals surface area contributed by atoms with E-state index in [9.17, 15) is 58.6 Å². The molecule has 534 valence electrons. The fraction of sp³-hybridized carbons (Fsp3) is 0.569. The Hall–Kier alpha value is -9.17. The summed E-state index contributed by atoms with van der Waals surface area (Å²) >= 11 is 0. The molecule has 1 heterocycles. The van der Waals surface area contributed by atoms with Crippen molar-refractivity contribution >= 4 is 75.3 Å². The third kappa shape index (κ3) is 33.9. The molecule has 3 aromatic carbocycles. The molecule has 4 rings (SSSR count). The highest BCUT2D eigenvalue weighted by Crippen LogP contribution is 2.27. The number of anilines is 1. The molecule has 0 saturated carbocycles. The van der Waals surface area contributed by atoms with Crippen molar-refractivity contribution in [1.29, 1.82) is 0 Å². The highest BCUT2D eigenvalue weighted by Gasteiger charge is 2.30. The summed E-state index contributed by atoms with van der Waals surface area (Å²) in [5.41, 5.74) is 15.9. The van der Waals surface area contributed by atoms with Crippen LogP contribution in [0.1, 0.15) is 96.3 Å². The zero-order valence-corrected chi connectivity index (χ0v) is 54.7. The van der Waals surface area contributed by atoms with Gasteiger partial charge in [-0.2, -0.15) is 0 Å². The number of rotatable bonds is 52. The monoisotopic (exact) mass is 1360 g/mol. The molecule has 0 aliphatic carbocycles. The molecule has 9 N–H and O–H groups in total. The molecule has 97 heavy (non-hydrogen) atoms. The Balaban J connectivity index is 0.0000245. The number of non-ortho nitro benzene ring substituents is 1. The minimum absolute atomic E-state index is 0. The first-order valence-electron chi connectivity index (χ1n) is 31.9. The van der Waals surface area contributed by atoms with E-state index in [-0.39, 0.29) is 167 Å². The normalized spacial score (nSPS) is 12.2. The van der Waals surface area contributed by atoms with Crippen LogP contribution in [-0.4, -0.2) is 180 Å². The maximum Gasteiger partial charge on any atom is 0.407 e. The number of primary amides is 1. The third-order valence-corrected chi connectivity index (χ3v) is 14.9. The zero-order valence-electron chi connectivity index (χ0n) is 54.7. The summed E-state index contributed by atoms with van der Waals surface area (Å²) in [7, 11) is 0. The first kappa shape index (κ1) is 82.1. The van der Waals surface area contributed by atoms with E-state index >= 15 is 0 Å². The smallest absolute Gasteiger partial charge is 0.407 e. The van der Waals surface area contributed by atoms with E-state index < -0.39 is 68.8 Å². The Kier molecular flexibility index (Phi) is 40.3. The molecule has 0 fully saturated rings. The van der Waals surface area contributed by atoms with Crippen LogP contribution in [0.5, 0.6) is 0 Å². The van der Waals surface area contributed by atoms with Gasteiger partial charge >= 0.3 is 12.1 Å². The van der Waals surface area contributed by atoms with Crippen LogP contribution in [0.15, 0.2) is 78.0 Å². The lowest BCUT2D eigenvalue weighted by Crippen LogP contribution is -2.47. The van der Waals surface area contributed by atoms with Gasteiger partial charge in [0.1, 0.15) is 25.6 Å². The molecule has 1 aromatic heterocycles. The number of Topliss-reactive ketones (excluding diaryl/α,β-unsaturated/α-hetero) is 2. The number of ether oxygens (including phenoxy) is 7. The molecular formula is C65H95N13O19. The van der Waals surface area contributed by atoms with Gasteiger partial charge in [0.05, 0.1) is 88.0 Å². The van der Waals surface area contributed by atoms with Crippen molar-refractivity contribution < 1.29 is 81.4 Å². The maximum absolute atomic E-state index is 13.8. The standard InChI is InChI=1S/C64H91N13O19.CH4/c1-44(2)60(57(79)38-49(12-9-22-69-63(65)84)62(83)73-51-18-15-46(16-19-51)41-96-64(85)70-23-8-11-47-17-20-52(76(86)87)39-55(47)77(88)89)74-59(81)43-95-35-33-92-30-28-90-26-24-68-61(82)48(37-56(78)45(3)36-50-40-71-54-14-5-4-13-53(50)54)10-6-7-21-67-58(80)42-94-34-32-93-31-29-91-27-25-72-75-66;/h4-5,13-20,39-40,44-45,48-49,60,71H,6-12,21-38,41-43H2,1-3H3,(H,67,80)(H,68,82)(H,70,85)(H,73,83)(H,74,81)(H3,65,69,84);1H4/t45-,48+,49+,60-;/m0./s1. The fourth-order valence-corrected chi connectivity index (χ4v) is 9.79. The number of fused-ring (bicyclic) bond motifs is 1. The number of nitro benzene ring substituents is 2. The number of nitrogens with two attached hydrogens (primary N) is 1. The number of urea groups is 1. The minimum atomic E-state index is -0.969. The van der Waals surface area contributed by atoms with Crippen molar-refractivity contribution in [2.45, 2.75) is 105 Å². The molecule has 32 heteroatoms. The molecular weight excluding hydrogens is 1270 g/mol. The first-order valence-corrected chi connectivity index (χ1v) is 31.9. The quantitative estimate of drug-likeness (QED) is 0.00559. The number of carbonyl (C=O) groups excluding carboxylic acids is 8. The van der Waals surface area contributed by atoms with E-state index in [0.717, 1.165) is 22.5 Å². The van der Waals surface area contributed by atoms with Crippen molar-refractivity contribution in [2.24, 2.45) is 34.5 Å². The van der Waals surface area contributed by atoms with Crippen molar-refractivity contribution in [2.75, 3.05) is 117 Å². The summed E-state index contributed by atoms with van der Waals surface area (Å²) in [6, 6.07) is 15.9. The number of nitrogens with zero attached hydrogens (tertiary/aromatic N) is 5. The Morgan fingerprint density at radius 1 is 0.639 bits per heavy atom. The molecule has 4 aromatic rings. The number of ketones is 2. The average molecular weight is 1360 g/mol. The second-order valence-corrected chi connectivity index (χ2v) is 22.7. The van der Waals surface area contributed by atoms with Gasteiger partial charge in [0.2, 0.25) is 23.6 Å². The number of aromatic amines is 1. The van der Waals surface area contributed by atoms with E-state index in [1.165, 1.54) is 12.1 Å². The molecule has 0 saturated heterocycles. The SMILES string of the molecule is C.CC(C)[C@H](NC(=O)COCCOCCOCCNC(=O)[C@H](CCCCNC(=O)COCCOCCOCCN=[N+]=[N-])CC(=O)[C@@H](C)Cc1c[nH]c2ccccc12)C(=O)C[C@@H](CCCNC(N)=O)C(=O)Nc1ccc(COC(=O)NCCCc2ccc([N+](=O)[O-])cc2[N+](=O)[O-])cc1. The van der Waals surface area contributed by atoms with E-state index in [1.54, 1.807) is 38.1 Å². The number of aryl methyl sites for hydroxylation is 1. The van der Waals surface area contributed by atoms with Gasteiger partial charge in [-0.3, -0.25) is 49.0 Å². The van der Waals surface area contributed by atoms with Gasteiger partial charge in [-0.25, -0.2) is 9.59 Å². The molecule has 0 aliphatic rings. The number of H-pyrrole nitrogens is 1. The third-order valence-electron chi connectivity index (χ3n) is 14.9. The van der Waals surface area contributed by atoms with Crippen LogP contribution in [-0.2, 0) is 81.4 Å². The van der Waals surface area contributed by atoms with Gasteiger partial charge in [-0.1, -0.05) is 70.1 Å². The van der Waals surface area contributed by atoms with Gasteiger partial charge in [-0.05, 0) is 91.8 Å². The lowest BCUT2D eigenvalue weighted by molar-refractivity contribution is -0.394. The molecule has 0 unspecified atom stereocenters. The molecule has 7 amide bonds. The number of unbranched alkanes of at least 4 members (excludes halogenated alkanes) is 1. The second-order valence-electron chi connectivity index (χ2n) is 22.7. The van der Waals surface area contributed by atoms with Crippen molar-refractivity contribution in [1.82, 2.24) is 31.6 Å². The van der Waals surface area contributed by atoms with E-state index in [1.807, 2.05) is 37.4 Å². The summed E-state index contributed by atoms with van der Waals surface area (Å²) in [4.78, 5) is 131. The average Bonchev–Trinajstić information content (AvgIpc) is 1.84. The summed E-state index contributed by atoms with van der Waals surface area (Å²) in [6.07, 6.45) is 3.96. The van der Waals surface area contributed by atoms with E-state index in [2.05, 4.69) is 46.9 Å². The summed E-state index contributed by atoms with van der Waals surface area (Å²) in [5, 5.41) is 43.1. The van der Waals surface area contributed by atoms with Crippen LogP contribution in [0.2, 0.25) is 0 Å². The largest absolute Gasteiger partial charge is 0.445 e. The zero-order chi connectivity index (χ0) is 69.9. The van der Waals surface area contributed by atoms with Crippen LogP contribution in [0.3, 0.4) is 0 Å². The number of azide groups is 1. The van der Waals surface area contributed by atoms with E-state index in [0.29, 0.717) is 69.7 Å². The maximum atomic E-state index is 13.8. The Bertz CT molecular complexity index is 3160. The predicted molar refractivity (Wildman–Crippen MR) is 358 cm³/mol. The number of hydrogen-bond donors (Lipinski definition) is 8. The van der Waals surface area contributed by atoms with Crippen molar-refractivity contribution in [3.05, 3.63) is 120 Å². The minimum Gasteiger partial charge on any atom is -0.445 e. The summed E-state index contributed by atoms with van der Waals surface area (Å²) in [5.74, 6) is -4.26. The number of carbonyl (C=O) groups is 8. The number of aromatic nitrogens is 1. The number of amides is 7. The number of nitro groups is 2. The lowest BCUT2D eigenvalue weighted by Gasteiger charge is -2.24. The second kappa shape index (κ2) is 47.7. The number of para-hydroxylation sites is 1. The van der Waals surface area contributed by atoms with Crippen LogP contribution < -0.4 is 37.6 Å². The predicted octanol–water partition coefficient (Wildman–Crippen LogP) is 6.85.